The molecule has 0 aliphatic carbocycles. The van der Waals surface area contributed by atoms with Gasteiger partial charge in [-0.3, -0.25) is 0 Å². The highest BCUT2D eigenvalue weighted by Crippen LogP contribution is 2.26. The standard InChI is InChI=1S/C10H13ClF4N4/c1-4(2)16-7-6(12)8(19-9(11)18-7)17-5(3)10(13,14)15/h4-5H,1-3H3,(H2,16,17,18,19)/t5-/m1/s1. The van der Waals surface area contributed by atoms with E-state index in [0.29, 0.717) is 0 Å². The van der Waals surface area contributed by atoms with Gasteiger partial charge in [0.2, 0.25) is 11.1 Å². The second-order valence-electron chi connectivity index (χ2n) is 4.21. The molecular weight excluding hydrogens is 288 g/mol. The molecule has 0 aliphatic heterocycles. The van der Waals surface area contributed by atoms with Crippen molar-refractivity contribution in [3.05, 3.63) is 11.1 Å². The molecule has 0 unspecified atom stereocenters. The predicted molar refractivity (Wildman–Crippen MR) is 64.9 cm³/mol. The third-order valence-corrected chi connectivity index (χ3v) is 2.26. The smallest absolute Gasteiger partial charge is 0.365 e. The molecular formula is C10H13ClF4N4. The van der Waals surface area contributed by atoms with Gasteiger partial charge in [0.1, 0.15) is 6.04 Å². The first kappa shape index (κ1) is 15.7. The van der Waals surface area contributed by atoms with Gasteiger partial charge in [-0.1, -0.05) is 0 Å². The highest BCUT2D eigenvalue weighted by molar-refractivity contribution is 6.28. The molecule has 1 aromatic heterocycles. The van der Waals surface area contributed by atoms with Gasteiger partial charge in [0.25, 0.3) is 0 Å². The number of halogens is 5. The molecule has 0 amide bonds. The van der Waals surface area contributed by atoms with Gasteiger partial charge in [0, 0.05) is 6.04 Å². The minimum atomic E-state index is -4.52. The van der Waals surface area contributed by atoms with Crippen LogP contribution in [0.4, 0.5) is 29.2 Å². The number of nitrogens with one attached hydrogen (secondary N) is 2. The lowest BCUT2D eigenvalue weighted by molar-refractivity contribution is -0.138. The monoisotopic (exact) mass is 300 g/mol. The molecule has 9 heteroatoms. The number of aromatic nitrogens is 2. The lowest BCUT2D eigenvalue weighted by atomic mass is 10.3. The molecule has 0 bridgehead atoms. The molecule has 1 heterocycles. The largest absolute Gasteiger partial charge is 0.408 e. The SMILES string of the molecule is CC(C)Nc1nc(Cl)nc(N[C@H](C)C(F)(F)F)c1F. The van der Waals surface area contributed by atoms with E-state index < -0.39 is 23.9 Å². The topological polar surface area (TPSA) is 49.8 Å². The Morgan fingerprint density at radius 3 is 1.95 bits per heavy atom. The molecule has 4 nitrogen and oxygen atoms in total. The second-order valence-corrected chi connectivity index (χ2v) is 4.55. The van der Waals surface area contributed by atoms with Crippen molar-refractivity contribution in [2.75, 3.05) is 10.6 Å². The van der Waals surface area contributed by atoms with Crippen LogP contribution in [0.15, 0.2) is 0 Å². The average molecular weight is 301 g/mol. The molecule has 0 saturated heterocycles. The van der Waals surface area contributed by atoms with Gasteiger partial charge < -0.3 is 10.6 Å². The summed E-state index contributed by atoms with van der Waals surface area (Å²) in [6.07, 6.45) is -4.52. The van der Waals surface area contributed by atoms with Crippen molar-refractivity contribution < 1.29 is 17.6 Å². The fourth-order valence-electron chi connectivity index (χ4n) is 1.17. The summed E-state index contributed by atoms with van der Waals surface area (Å²) in [7, 11) is 0. The Morgan fingerprint density at radius 1 is 1.05 bits per heavy atom. The van der Waals surface area contributed by atoms with Crippen LogP contribution in [-0.2, 0) is 0 Å². The maximum Gasteiger partial charge on any atom is 0.408 e. The number of nitrogens with zero attached hydrogens (tertiary/aromatic N) is 2. The van der Waals surface area contributed by atoms with E-state index in [1.54, 1.807) is 13.8 Å². The summed E-state index contributed by atoms with van der Waals surface area (Å²) in [5, 5.41) is 4.22. The summed E-state index contributed by atoms with van der Waals surface area (Å²) in [6, 6.07) is -2.12. The Labute approximate surface area is 112 Å². The van der Waals surface area contributed by atoms with E-state index in [4.69, 9.17) is 11.6 Å². The Balaban J connectivity index is 3.04. The Hall–Kier alpha value is -1.31. The fourth-order valence-corrected chi connectivity index (χ4v) is 1.34. The summed E-state index contributed by atoms with van der Waals surface area (Å²) in [4.78, 5) is 7.01. The summed E-state index contributed by atoms with van der Waals surface area (Å²) in [6.45, 7) is 4.30. The van der Waals surface area contributed by atoms with Gasteiger partial charge in [-0.15, -0.1) is 0 Å². The Kier molecular flexibility index (Phi) is 4.78. The van der Waals surface area contributed by atoms with Gasteiger partial charge in [-0.2, -0.15) is 27.5 Å². The summed E-state index contributed by atoms with van der Waals surface area (Å²) in [5.74, 6) is -1.84. The van der Waals surface area contributed by atoms with Crippen LogP contribution in [-0.4, -0.2) is 28.2 Å². The molecule has 0 aromatic carbocycles. The third-order valence-electron chi connectivity index (χ3n) is 2.09. The highest BCUT2D eigenvalue weighted by atomic mass is 35.5. The van der Waals surface area contributed by atoms with Gasteiger partial charge >= 0.3 is 6.18 Å². The van der Waals surface area contributed by atoms with E-state index >= 15 is 0 Å². The molecule has 1 atom stereocenters. The zero-order valence-electron chi connectivity index (χ0n) is 10.4. The second kappa shape index (κ2) is 5.77. The van der Waals surface area contributed by atoms with Crippen molar-refractivity contribution in [1.29, 1.82) is 0 Å². The minimum Gasteiger partial charge on any atom is -0.365 e. The minimum absolute atomic E-state index is 0.159. The maximum absolute atomic E-state index is 13.9. The zero-order chi connectivity index (χ0) is 14.8. The van der Waals surface area contributed by atoms with Crippen LogP contribution in [0.3, 0.4) is 0 Å². The summed E-state index contributed by atoms with van der Waals surface area (Å²) < 4.78 is 51.1. The summed E-state index contributed by atoms with van der Waals surface area (Å²) in [5.41, 5.74) is 0. The van der Waals surface area contributed by atoms with E-state index in [2.05, 4.69) is 15.3 Å². The molecule has 0 spiro atoms. The fraction of sp³-hybridized carbons (Fsp3) is 0.600. The molecule has 108 valence electrons. The van der Waals surface area contributed by atoms with Crippen molar-refractivity contribution in [2.45, 2.75) is 39.0 Å². The van der Waals surface area contributed by atoms with Gasteiger partial charge in [-0.25, -0.2) is 0 Å². The van der Waals surface area contributed by atoms with E-state index in [1.165, 1.54) is 0 Å². The van der Waals surface area contributed by atoms with E-state index in [-0.39, 0.29) is 17.1 Å². The first-order valence-corrected chi connectivity index (χ1v) is 5.82. The number of rotatable bonds is 4. The quantitative estimate of drug-likeness (QED) is 0.660. The predicted octanol–water partition coefficient (Wildman–Crippen LogP) is 3.45. The van der Waals surface area contributed by atoms with Gasteiger partial charge in [-0.05, 0) is 32.4 Å². The average Bonchev–Trinajstić information content (AvgIpc) is 2.22. The maximum atomic E-state index is 13.9. The molecule has 1 rings (SSSR count). The normalized spacial score (nSPS) is 13.5. The van der Waals surface area contributed by atoms with E-state index in [0.717, 1.165) is 6.92 Å². The highest BCUT2D eigenvalue weighted by Gasteiger charge is 2.37. The van der Waals surface area contributed by atoms with Gasteiger partial charge in [0.15, 0.2) is 11.6 Å². The van der Waals surface area contributed by atoms with Crippen LogP contribution in [0.5, 0.6) is 0 Å². The molecule has 2 N–H and O–H groups in total. The molecule has 0 fully saturated rings. The number of hydrogen-bond donors (Lipinski definition) is 2. The molecule has 0 radical (unpaired) electrons. The lowest BCUT2D eigenvalue weighted by Crippen LogP contribution is -2.34. The van der Waals surface area contributed by atoms with Crippen LogP contribution in [0, 0.1) is 5.82 Å². The van der Waals surface area contributed by atoms with Gasteiger partial charge in [0.05, 0.1) is 0 Å². The van der Waals surface area contributed by atoms with Crippen LogP contribution in [0.1, 0.15) is 20.8 Å². The van der Waals surface area contributed by atoms with Crippen molar-refractivity contribution >= 4 is 23.2 Å². The Morgan fingerprint density at radius 2 is 1.53 bits per heavy atom. The van der Waals surface area contributed by atoms with Crippen molar-refractivity contribution in [1.82, 2.24) is 9.97 Å². The molecule has 0 saturated carbocycles. The van der Waals surface area contributed by atoms with E-state index in [1.807, 2.05) is 5.32 Å². The van der Waals surface area contributed by atoms with Crippen LogP contribution < -0.4 is 10.6 Å². The number of alkyl halides is 3. The molecule has 1 aromatic rings. The Bertz CT molecular complexity index is 450. The first-order valence-electron chi connectivity index (χ1n) is 5.44. The van der Waals surface area contributed by atoms with Crippen LogP contribution in [0.25, 0.3) is 0 Å². The molecule has 0 aliphatic rings. The lowest BCUT2D eigenvalue weighted by Gasteiger charge is -2.19. The van der Waals surface area contributed by atoms with Crippen LogP contribution >= 0.6 is 11.6 Å². The summed E-state index contributed by atoms with van der Waals surface area (Å²) >= 11 is 5.55. The zero-order valence-corrected chi connectivity index (χ0v) is 11.2. The van der Waals surface area contributed by atoms with E-state index in [9.17, 15) is 17.6 Å². The van der Waals surface area contributed by atoms with Crippen molar-refractivity contribution in [3.8, 4) is 0 Å². The first-order chi connectivity index (χ1) is 8.61. The number of hydrogen-bond acceptors (Lipinski definition) is 4. The molecule has 19 heavy (non-hydrogen) atoms. The third kappa shape index (κ3) is 4.38. The van der Waals surface area contributed by atoms with Crippen molar-refractivity contribution in [2.24, 2.45) is 0 Å². The van der Waals surface area contributed by atoms with Crippen molar-refractivity contribution in [3.63, 3.8) is 0 Å². The number of anilines is 2. The van der Waals surface area contributed by atoms with Crippen LogP contribution in [0.2, 0.25) is 5.28 Å².